The number of pyridine rings is 2. The van der Waals surface area contributed by atoms with Gasteiger partial charge in [0.1, 0.15) is 17.2 Å². The Morgan fingerprint density at radius 2 is 1.91 bits per heavy atom. The number of nitrogens with zero attached hydrogens (tertiary/aromatic N) is 3. The first-order valence-electron chi connectivity index (χ1n) is 6.94. The SMILES string of the molecule is Cc1cc2c(N)nc(Cc3nc4c(N)nccc4[nH]3)cc2[nH]1. The Bertz CT molecular complexity index is 996. The minimum atomic E-state index is 0.419. The van der Waals surface area contributed by atoms with Crippen molar-refractivity contribution >= 4 is 33.6 Å². The van der Waals surface area contributed by atoms with Crippen molar-refractivity contribution in [3.8, 4) is 0 Å². The van der Waals surface area contributed by atoms with Crippen LogP contribution in [0.25, 0.3) is 21.9 Å². The zero-order valence-corrected chi connectivity index (χ0v) is 12.0. The lowest BCUT2D eigenvalue weighted by Crippen LogP contribution is -1.99. The van der Waals surface area contributed by atoms with Gasteiger partial charge in [-0.15, -0.1) is 0 Å². The highest BCUT2D eigenvalue weighted by atomic mass is 15.0. The lowest BCUT2D eigenvalue weighted by atomic mass is 10.2. The Balaban J connectivity index is 1.76. The number of nitrogens with one attached hydrogen (secondary N) is 2. The molecule has 7 nitrogen and oxygen atoms in total. The van der Waals surface area contributed by atoms with E-state index in [0.717, 1.165) is 33.6 Å². The summed E-state index contributed by atoms with van der Waals surface area (Å²) in [5, 5.41) is 0.944. The molecule has 7 heteroatoms. The molecule has 0 saturated heterocycles. The van der Waals surface area contributed by atoms with Gasteiger partial charge in [0.25, 0.3) is 0 Å². The number of nitrogens with two attached hydrogens (primary N) is 2. The minimum absolute atomic E-state index is 0.419. The number of aromatic nitrogens is 5. The third kappa shape index (κ3) is 1.95. The number of rotatable bonds is 2. The highest BCUT2D eigenvalue weighted by Crippen LogP contribution is 2.23. The zero-order chi connectivity index (χ0) is 15.3. The van der Waals surface area contributed by atoms with E-state index in [0.29, 0.717) is 23.6 Å². The topological polar surface area (TPSA) is 122 Å². The van der Waals surface area contributed by atoms with Crippen LogP contribution in [0.1, 0.15) is 17.2 Å². The van der Waals surface area contributed by atoms with E-state index in [1.165, 1.54) is 0 Å². The molecule has 4 heterocycles. The number of anilines is 2. The molecular formula is C15H15N7. The highest BCUT2D eigenvalue weighted by molar-refractivity contribution is 5.90. The van der Waals surface area contributed by atoms with Crippen molar-refractivity contribution in [1.29, 1.82) is 0 Å². The molecule has 0 aliphatic carbocycles. The van der Waals surface area contributed by atoms with E-state index in [9.17, 15) is 0 Å². The summed E-state index contributed by atoms with van der Waals surface area (Å²) in [5.41, 5.74) is 16.3. The van der Waals surface area contributed by atoms with Crippen LogP contribution in [-0.4, -0.2) is 24.9 Å². The van der Waals surface area contributed by atoms with Crippen LogP contribution in [0.4, 0.5) is 11.6 Å². The smallest absolute Gasteiger partial charge is 0.151 e. The molecule has 22 heavy (non-hydrogen) atoms. The molecule has 0 radical (unpaired) electrons. The molecule has 0 aliphatic heterocycles. The lowest BCUT2D eigenvalue weighted by Gasteiger charge is -2.01. The van der Waals surface area contributed by atoms with E-state index in [4.69, 9.17) is 11.5 Å². The van der Waals surface area contributed by atoms with E-state index in [1.807, 2.05) is 25.1 Å². The number of fused-ring (bicyclic) bond motifs is 2. The van der Waals surface area contributed by atoms with Gasteiger partial charge in [-0.05, 0) is 25.1 Å². The Morgan fingerprint density at radius 3 is 2.73 bits per heavy atom. The number of hydrogen-bond acceptors (Lipinski definition) is 5. The van der Waals surface area contributed by atoms with Gasteiger partial charge in [-0.25, -0.2) is 15.0 Å². The van der Waals surface area contributed by atoms with E-state index in [1.54, 1.807) is 6.20 Å². The molecule has 0 fully saturated rings. The summed E-state index contributed by atoms with van der Waals surface area (Å²) in [6, 6.07) is 5.84. The molecule has 110 valence electrons. The van der Waals surface area contributed by atoms with E-state index in [-0.39, 0.29) is 0 Å². The van der Waals surface area contributed by atoms with Crippen molar-refractivity contribution in [2.24, 2.45) is 0 Å². The number of aryl methyl sites for hydroxylation is 1. The third-order valence-corrected chi connectivity index (χ3v) is 3.66. The van der Waals surface area contributed by atoms with Gasteiger partial charge in [-0.3, -0.25) is 0 Å². The van der Waals surface area contributed by atoms with Crippen LogP contribution in [0.5, 0.6) is 0 Å². The Kier molecular flexibility index (Phi) is 2.56. The second-order valence-electron chi connectivity index (χ2n) is 5.37. The molecule has 6 N–H and O–H groups in total. The normalized spacial score (nSPS) is 11.5. The van der Waals surface area contributed by atoms with Gasteiger partial charge >= 0.3 is 0 Å². The van der Waals surface area contributed by atoms with Crippen LogP contribution in [-0.2, 0) is 6.42 Å². The predicted molar refractivity (Wildman–Crippen MR) is 86.4 cm³/mol. The van der Waals surface area contributed by atoms with Gasteiger partial charge in [-0.1, -0.05) is 0 Å². The van der Waals surface area contributed by atoms with Crippen molar-refractivity contribution in [3.05, 3.63) is 41.6 Å². The second-order valence-corrected chi connectivity index (χ2v) is 5.37. The van der Waals surface area contributed by atoms with Crippen LogP contribution in [0, 0.1) is 6.92 Å². The summed E-state index contributed by atoms with van der Waals surface area (Å²) in [7, 11) is 0. The summed E-state index contributed by atoms with van der Waals surface area (Å²) in [6.07, 6.45) is 2.20. The maximum Gasteiger partial charge on any atom is 0.151 e. The maximum atomic E-state index is 6.03. The fraction of sp³-hybridized carbons (Fsp3) is 0.133. The largest absolute Gasteiger partial charge is 0.383 e. The molecule has 4 aromatic rings. The molecule has 0 aliphatic rings. The number of H-pyrrole nitrogens is 2. The van der Waals surface area contributed by atoms with Gasteiger partial charge in [0, 0.05) is 23.7 Å². The molecule has 0 atom stereocenters. The first kappa shape index (κ1) is 12.6. The van der Waals surface area contributed by atoms with Gasteiger partial charge in [0.05, 0.1) is 16.7 Å². The molecule has 4 rings (SSSR count). The molecule has 0 amide bonds. The number of imidazole rings is 1. The van der Waals surface area contributed by atoms with Gasteiger partial charge in [0.2, 0.25) is 0 Å². The summed E-state index contributed by atoms with van der Waals surface area (Å²) in [6.45, 7) is 1.99. The van der Waals surface area contributed by atoms with Gasteiger partial charge in [-0.2, -0.15) is 0 Å². The van der Waals surface area contributed by atoms with Crippen molar-refractivity contribution in [2.45, 2.75) is 13.3 Å². The summed E-state index contributed by atoms with van der Waals surface area (Å²) in [4.78, 5) is 19.5. The van der Waals surface area contributed by atoms with E-state index in [2.05, 4.69) is 24.9 Å². The molecule has 0 spiro atoms. The molecular weight excluding hydrogens is 278 g/mol. The number of hydrogen-bond donors (Lipinski definition) is 4. The minimum Gasteiger partial charge on any atom is -0.383 e. The Labute approximate surface area is 125 Å². The van der Waals surface area contributed by atoms with Crippen LogP contribution in [0.2, 0.25) is 0 Å². The van der Waals surface area contributed by atoms with Crippen LogP contribution in [0.15, 0.2) is 24.4 Å². The average Bonchev–Trinajstić information content (AvgIpc) is 3.02. The lowest BCUT2D eigenvalue weighted by molar-refractivity contribution is 0.993. The van der Waals surface area contributed by atoms with Crippen LogP contribution >= 0.6 is 0 Å². The molecule has 4 aromatic heterocycles. The van der Waals surface area contributed by atoms with Crippen molar-refractivity contribution in [2.75, 3.05) is 11.5 Å². The monoisotopic (exact) mass is 293 g/mol. The molecule has 0 unspecified atom stereocenters. The fourth-order valence-electron chi connectivity index (χ4n) is 2.70. The third-order valence-electron chi connectivity index (χ3n) is 3.66. The second kappa shape index (κ2) is 4.45. The molecule has 0 bridgehead atoms. The van der Waals surface area contributed by atoms with Gasteiger partial charge in [0.15, 0.2) is 5.82 Å². The van der Waals surface area contributed by atoms with Crippen LogP contribution in [0.3, 0.4) is 0 Å². The molecule has 0 aromatic carbocycles. The number of nitrogen functional groups attached to an aromatic ring is 2. The molecule has 0 saturated carbocycles. The Hall–Kier alpha value is -3.09. The average molecular weight is 293 g/mol. The van der Waals surface area contributed by atoms with Gasteiger partial charge < -0.3 is 21.4 Å². The predicted octanol–water partition coefficient (Wildman–Crippen LogP) is 1.90. The maximum absolute atomic E-state index is 6.03. The van der Waals surface area contributed by atoms with Crippen LogP contribution < -0.4 is 11.5 Å². The first-order valence-corrected chi connectivity index (χ1v) is 6.94. The summed E-state index contributed by atoms with van der Waals surface area (Å²) < 4.78 is 0. The van der Waals surface area contributed by atoms with E-state index < -0.39 is 0 Å². The first-order chi connectivity index (χ1) is 10.6. The Morgan fingerprint density at radius 1 is 1.05 bits per heavy atom. The van der Waals surface area contributed by atoms with E-state index >= 15 is 0 Å². The highest BCUT2D eigenvalue weighted by Gasteiger charge is 2.10. The fourth-order valence-corrected chi connectivity index (χ4v) is 2.70. The van der Waals surface area contributed by atoms with Crippen molar-refractivity contribution < 1.29 is 0 Å². The number of aromatic amines is 2. The standard InChI is InChI=1S/C15H15N7/c1-7-4-9-11(19-7)5-8(20-14(9)16)6-12-21-10-2-3-18-15(17)13(10)22-12/h2-5,19H,6H2,1H3,(H2,16,20)(H2,17,18)(H,21,22). The van der Waals surface area contributed by atoms with Crippen molar-refractivity contribution in [1.82, 2.24) is 24.9 Å². The quantitative estimate of drug-likeness (QED) is 0.449. The summed E-state index contributed by atoms with van der Waals surface area (Å²) >= 11 is 0. The zero-order valence-electron chi connectivity index (χ0n) is 12.0. The van der Waals surface area contributed by atoms with Crippen molar-refractivity contribution in [3.63, 3.8) is 0 Å². The summed E-state index contributed by atoms with van der Waals surface area (Å²) in [5.74, 6) is 1.72.